The highest BCUT2D eigenvalue weighted by Crippen LogP contribution is 2.32. The van der Waals surface area contributed by atoms with Crippen molar-refractivity contribution >= 4 is 49.5 Å². The number of aromatic amines is 1. The number of hydrogen-bond donors (Lipinski definition) is 2. The molecule has 9 heteroatoms. The molecule has 1 fully saturated rings. The molecule has 1 aliphatic heterocycles. The lowest BCUT2D eigenvalue weighted by Crippen LogP contribution is -2.27. The maximum absolute atomic E-state index is 12.5. The third kappa shape index (κ3) is 3.43. The van der Waals surface area contributed by atoms with Crippen LogP contribution < -0.4 is 9.62 Å². The summed E-state index contributed by atoms with van der Waals surface area (Å²) in [5, 5.41) is 0. The van der Waals surface area contributed by atoms with Crippen molar-refractivity contribution in [1.29, 1.82) is 0 Å². The molecule has 3 heterocycles. The van der Waals surface area contributed by atoms with E-state index < -0.39 is 10.0 Å². The van der Waals surface area contributed by atoms with Crippen molar-refractivity contribution in [3.05, 3.63) is 34.2 Å². The Hall–Kier alpha value is -1.72. The highest BCUT2D eigenvalue weighted by Gasteiger charge is 2.24. The van der Waals surface area contributed by atoms with Gasteiger partial charge < -0.3 is 9.88 Å². The van der Waals surface area contributed by atoms with Gasteiger partial charge in [-0.1, -0.05) is 0 Å². The van der Waals surface area contributed by atoms with Crippen LogP contribution in [0.15, 0.2) is 35.5 Å². The van der Waals surface area contributed by atoms with Crippen LogP contribution in [0.5, 0.6) is 0 Å². The first kappa shape index (κ1) is 18.6. The molecule has 4 rings (SSSR count). The number of rotatable bonds is 4. The molecule has 1 aliphatic rings. The van der Waals surface area contributed by atoms with Crippen LogP contribution >= 0.6 is 22.6 Å². The van der Waals surface area contributed by atoms with E-state index in [9.17, 15) is 8.42 Å². The van der Waals surface area contributed by atoms with E-state index in [-0.39, 0.29) is 4.90 Å². The lowest BCUT2D eigenvalue weighted by atomic mass is 10.1. The molecule has 1 atom stereocenters. The molecule has 0 aliphatic carbocycles. The van der Waals surface area contributed by atoms with Crippen molar-refractivity contribution in [2.75, 3.05) is 18.5 Å². The van der Waals surface area contributed by atoms with Gasteiger partial charge in [-0.15, -0.1) is 0 Å². The van der Waals surface area contributed by atoms with Gasteiger partial charge in [0.05, 0.1) is 20.4 Å². The zero-order valence-electron chi connectivity index (χ0n) is 15.0. The van der Waals surface area contributed by atoms with Gasteiger partial charge in [0.2, 0.25) is 10.0 Å². The number of hydrogen-bond acceptors (Lipinski definition) is 5. The first-order valence-corrected chi connectivity index (χ1v) is 11.3. The van der Waals surface area contributed by atoms with Crippen molar-refractivity contribution in [3.63, 3.8) is 0 Å². The number of benzene rings is 1. The van der Waals surface area contributed by atoms with E-state index in [4.69, 9.17) is 4.98 Å². The van der Waals surface area contributed by atoms with E-state index in [0.29, 0.717) is 11.7 Å². The summed E-state index contributed by atoms with van der Waals surface area (Å²) >= 11 is 2.21. The summed E-state index contributed by atoms with van der Waals surface area (Å²) in [5.74, 6) is 0. The first-order chi connectivity index (χ1) is 12.9. The topological polar surface area (TPSA) is 91.0 Å². The Balaban J connectivity index is 1.90. The Morgan fingerprint density at radius 1 is 1.33 bits per heavy atom. The van der Waals surface area contributed by atoms with Crippen LogP contribution in [0.25, 0.3) is 22.4 Å². The van der Waals surface area contributed by atoms with Crippen LogP contribution in [-0.2, 0) is 10.0 Å². The van der Waals surface area contributed by atoms with Gasteiger partial charge in [0.1, 0.15) is 5.52 Å². The largest absolute Gasteiger partial charge is 0.369 e. The Morgan fingerprint density at radius 3 is 2.85 bits per heavy atom. The number of H-pyrrole nitrogens is 1. The fourth-order valence-electron chi connectivity index (χ4n) is 3.49. The van der Waals surface area contributed by atoms with E-state index in [1.165, 1.54) is 7.05 Å². The molecule has 0 bridgehead atoms. The number of nitrogens with one attached hydrogen (secondary N) is 2. The Labute approximate surface area is 171 Å². The lowest BCUT2D eigenvalue weighted by molar-refractivity contribution is 0.588. The average molecular weight is 497 g/mol. The zero-order chi connectivity index (χ0) is 19.2. The van der Waals surface area contributed by atoms with Crippen LogP contribution in [0, 0.1) is 3.57 Å². The Bertz CT molecular complexity index is 1110. The van der Waals surface area contributed by atoms with E-state index in [2.05, 4.69) is 49.1 Å². The highest BCUT2D eigenvalue weighted by atomic mass is 127. The molecular formula is C18H20IN5O2S. The SMILES string of the molecule is CNS(=O)(=O)c1cc(-c2cnc3[nH]cc(I)c3n2)cc(N2CCC[C@H]2C)c1. The standard InChI is InChI=1S/C18H20IN5O2S/c1-11-4-3-5-24(11)13-6-12(7-14(8-13)27(25,26)20-2)16-10-22-18-17(23-16)15(19)9-21-18/h6-11,20H,3-5H2,1-2H3,(H,21,22)/t11-/m1/s1. The number of halogens is 1. The van der Waals surface area contributed by atoms with Gasteiger partial charge in [-0.2, -0.15) is 0 Å². The van der Waals surface area contributed by atoms with Gasteiger partial charge >= 0.3 is 0 Å². The summed E-state index contributed by atoms with van der Waals surface area (Å²) in [7, 11) is -2.15. The van der Waals surface area contributed by atoms with Crippen LogP contribution in [-0.4, -0.2) is 43.0 Å². The number of nitrogens with zero attached hydrogens (tertiary/aromatic N) is 3. The highest BCUT2D eigenvalue weighted by molar-refractivity contribution is 14.1. The van der Waals surface area contributed by atoms with E-state index in [1.807, 2.05) is 12.3 Å². The molecule has 3 aromatic rings. The summed E-state index contributed by atoms with van der Waals surface area (Å²) in [6.45, 7) is 3.09. The van der Waals surface area contributed by atoms with Crippen molar-refractivity contribution in [1.82, 2.24) is 19.7 Å². The second kappa shape index (κ2) is 7.02. The number of fused-ring (bicyclic) bond motifs is 1. The van der Waals surface area contributed by atoms with Crippen LogP contribution in [0.3, 0.4) is 0 Å². The Kier molecular flexibility index (Phi) is 4.85. The predicted molar refractivity (Wildman–Crippen MR) is 114 cm³/mol. The summed E-state index contributed by atoms with van der Waals surface area (Å²) in [4.78, 5) is 14.7. The quantitative estimate of drug-likeness (QED) is 0.541. The molecule has 0 spiro atoms. The van der Waals surface area contributed by atoms with Gasteiger partial charge in [-0.3, -0.25) is 0 Å². The molecule has 0 saturated carbocycles. The normalized spacial score (nSPS) is 17.7. The molecule has 27 heavy (non-hydrogen) atoms. The Morgan fingerprint density at radius 2 is 2.15 bits per heavy atom. The third-order valence-corrected chi connectivity index (χ3v) is 7.20. The van der Waals surface area contributed by atoms with Crippen LogP contribution in [0.2, 0.25) is 0 Å². The summed E-state index contributed by atoms with van der Waals surface area (Å²) in [5.41, 5.74) is 3.80. The van der Waals surface area contributed by atoms with Crippen molar-refractivity contribution in [3.8, 4) is 11.3 Å². The molecule has 0 amide bonds. The number of aromatic nitrogens is 3. The monoisotopic (exact) mass is 497 g/mol. The maximum Gasteiger partial charge on any atom is 0.240 e. The second-order valence-corrected chi connectivity index (χ2v) is 9.75. The fraction of sp³-hybridized carbons (Fsp3) is 0.333. The fourth-order valence-corrected chi connectivity index (χ4v) is 4.81. The molecule has 1 saturated heterocycles. The first-order valence-electron chi connectivity index (χ1n) is 8.74. The van der Waals surface area contributed by atoms with E-state index >= 15 is 0 Å². The van der Waals surface area contributed by atoms with Crippen molar-refractivity contribution in [2.24, 2.45) is 0 Å². The lowest BCUT2D eigenvalue weighted by Gasteiger charge is -2.25. The van der Waals surface area contributed by atoms with Gasteiger partial charge in [0, 0.05) is 30.0 Å². The van der Waals surface area contributed by atoms with Gasteiger partial charge in [0.25, 0.3) is 0 Å². The van der Waals surface area contributed by atoms with Crippen molar-refractivity contribution in [2.45, 2.75) is 30.7 Å². The van der Waals surface area contributed by atoms with Gasteiger partial charge in [-0.25, -0.2) is 23.1 Å². The predicted octanol–water partition coefficient (Wildman–Crippen LogP) is 3.13. The minimum absolute atomic E-state index is 0.238. The smallest absolute Gasteiger partial charge is 0.240 e. The van der Waals surface area contributed by atoms with E-state index in [0.717, 1.165) is 45.4 Å². The molecule has 2 aromatic heterocycles. The summed E-state index contributed by atoms with van der Waals surface area (Å²) in [6.07, 6.45) is 5.74. The summed E-state index contributed by atoms with van der Waals surface area (Å²) in [6, 6.07) is 5.78. The summed E-state index contributed by atoms with van der Waals surface area (Å²) < 4.78 is 28.4. The number of anilines is 1. The molecular weight excluding hydrogens is 477 g/mol. The van der Waals surface area contributed by atoms with Gasteiger partial charge in [-0.05, 0) is 67.6 Å². The van der Waals surface area contributed by atoms with Crippen molar-refractivity contribution < 1.29 is 8.42 Å². The molecule has 142 valence electrons. The molecule has 1 aromatic carbocycles. The van der Waals surface area contributed by atoms with Crippen LogP contribution in [0.1, 0.15) is 19.8 Å². The number of sulfonamides is 1. The minimum Gasteiger partial charge on any atom is -0.369 e. The maximum atomic E-state index is 12.5. The third-order valence-electron chi connectivity index (χ3n) is 4.99. The second-order valence-electron chi connectivity index (χ2n) is 6.70. The zero-order valence-corrected chi connectivity index (χ0v) is 18.0. The van der Waals surface area contributed by atoms with Gasteiger partial charge in [0.15, 0.2) is 5.65 Å². The molecule has 2 N–H and O–H groups in total. The molecule has 0 unspecified atom stereocenters. The van der Waals surface area contributed by atoms with E-state index in [1.54, 1.807) is 18.3 Å². The average Bonchev–Trinajstić information content (AvgIpc) is 3.27. The minimum atomic E-state index is -3.57. The van der Waals surface area contributed by atoms with Crippen LogP contribution in [0.4, 0.5) is 5.69 Å². The molecule has 0 radical (unpaired) electrons. The molecule has 7 nitrogen and oxygen atoms in total.